The number of nitrogens with zero attached hydrogens (tertiary/aromatic N) is 1. The van der Waals surface area contributed by atoms with Crippen molar-refractivity contribution < 1.29 is 9.53 Å². The lowest BCUT2D eigenvalue weighted by Crippen LogP contribution is -2.36. The molecule has 0 saturated heterocycles. The first-order chi connectivity index (χ1) is 11.0. The van der Waals surface area contributed by atoms with Crippen molar-refractivity contribution in [3.8, 4) is 0 Å². The van der Waals surface area contributed by atoms with Gasteiger partial charge in [0, 0.05) is 16.5 Å². The summed E-state index contributed by atoms with van der Waals surface area (Å²) in [7, 11) is 0. The van der Waals surface area contributed by atoms with Crippen LogP contribution in [0.3, 0.4) is 0 Å². The van der Waals surface area contributed by atoms with Crippen LogP contribution >= 0.6 is 11.6 Å². The van der Waals surface area contributed by atoms with Crippen LogP contribution in [0.15, 0.2) is 72.2 Å². The summed E-state index contributed by atoms with van der Waals surface area (Å²) in [6.45, 7) is 5.64. The molecule has 0 unspecified atom stereocenters. The zero-order valence-electron chi connectivity index (χ0n) is 12.7. The molecule has 0 aliphatic carbocycles. The van der Waals surface area contributed by atoms with Crippen LogP contribution in [0.2, 0.25) is 5.02 Å². The van der Waals surface area contributed by atoms with E-state index in [0.717, 1.165) is 11.1 Å². The maximum absolute atomic E-state index is 12.5. The molecule has 3 nitrogen and oxygen atoms in total. The van der Waals surface area contributed by atoms with Crippen molar-refractivity contribution in [2.24, 2.45) is 4.99 Å². The van der Waals surface area contributed by atoms with Gasteiger partial charge in [-0.2, -0.15) is 0 Å². The zero-order chi connectivity index (χ0) is 16.4. The van der Waals surface area contributed by atoms with E-state index in [4.69, 9.17) is 16.3 Å². The number of esters is 1. The minimum Gasteiger partial charge on any atom is -0.405 e. The van der Waals surface area contributed by atoms with Crippen molar-refractivity contribution in [3.63, 3.8) is 0 Å². The van der Waals surface area contributed by atoms with E-state index in [1.807, 2.05) is 42.5 Å². The summed E-state index contributed by atoms with van der Waals surface area (Å²) in [4.78, 5) is 17.1. The minimum atomic E-state index is -1.04. The van der Waals surface area contributed by atoms with Gasteiger partial charge in [-0.15, -0.1) is 6.58 Å². The van der Waals surface area contributed by atoms with Crippen molar-refractivity contribution >= 4 is 23.5 Å². The van der Waals surface area contributed by atoms with Gasteiger partial charge in [0.05, 0.1) is 0 Å². The molecular formula is C19H16ClNO2. The Morgan fingerprint density at radius 3 is 2.43 bits per heavy atom. The third-order valence-corrected chi connectivity index (χ3v) is 4.28. The Kier molecular flexibility index (Phi) is 4.05. The number of cyclic esters (lactones) is 1. The van der Waals surface area contributed by atoms with Gasteiger partial charge in [0.2, 0.25) is 5.90 Å². The van der Waals surface area contributed by atoms with Crippen LogP contribution in [-0.2, 0) is 9.53 Å². The zero-order valence-corrected chi connectivity index (χ0v) is 13.5. The van der Waals surface area contributed by atoms with Gasteiger partial charge < -0.3 is 4.74 Å². The average Bonchev–Trinajstić information content (AvgIpc) is 2.87. The number of benzene rings is 2. The highest BCUT2D eigenvalue weighted by Gasteiger charge is 2.47. The van der Waals surface area contributed by atoms with Crippen LogP contribution in [-0.4, -0.2) is 17.4 Å². The summed E-state index contributed by atoms with van der Waals surface area (Å²) >= 11 is 5.94. The van der Waals surface area contributed by atoms with E-state index in [1.54, 1.807) is 25.1 Å². The minimum absolute atomic E-state index is 0.298. The Balaban J connectivity index is 2.01. The number of rotatable bonds is 4. The van der Waals surface area contributed by atoms with Crippen molar-refractivity contribution in [1.29, 1.82) is 0 Å². The van der Waals surface area contributed by atoms with E-state index in [2.05, 4.69) is 11.6 Å². The largest absolute Gasteiger partial charge is 0.405 e. The summed E-state index contributed by atoms with van der Waals surface area (Å²) in [5, 5.41) is 0.643. The molecule has 1 aliphatic heterocycles. The molecule has 0 N–H and O–H groups in total. The monoisotopic (exact) mass is 325 g/mol. The molecule has 0 fully saturated rings. The number of hydrogen-bond acceptors (Lipinski definition) is 3. The topological polar surface area (TPSA) is 38.7 Å². The number of ether oxygens (including phenoxy) is 1. The Bertz CT molecular complexity index is 768. The molecule has 0 amide bonds. The highest BCUT2D eigenvalue weighted by Crippen LogP contribution is 2.38. The van der Waals surface area contributed by atoms with Crippen molar-refractivity contribution in [2.45, 2.75) is 18.4 Å². The van der Waals surface area contributed by atoms with Crippen LogP contribution in [0.5, 0.6) is 0 Å². The number of hydrogen-bond donors (Lipinski definition) is 0. The van der Waals surface area contributed by atoms with Gasteiger partial charge in [0.25, 0.3) is 0 Å². The summed E-state index contributed by atoms with van der Waals surface area (Å²) in [6.07, 6.45) is 1.72. The lowest BCUT2D eigenvalue weighted by atomic mass is 9.81. The number of halogens is 1. The fourth-order valence-electron chi connectivity index (χ4n) is 2.73. The average molecular weight is 326 g/mol. The third kappa shape index (κ3) is 2.80. The van der Waals surface area contributed by atoms with Gasteiger partial charge in [-0.3, -0.25) is 0 Å². The first-order valence-electron chi connectivity index (χ1n) is 7.30. The van der Waals surface area contributed by atoms with Crippen LogP contribution < -0.4 is 0 Å². The Morgan fingerprint density at radius 1 is 1.17 bits per heavy atom. The first-order valence-corrected chi connectivity index (χ1v) is 7.68. The molecule has 0 radical (unpaired) electrons. The molecular weight excluding hydrogens is 310 g/mol. The predicted octanol–water partition coefficient (Wildman–Crippen LogP) is 4.37. The molecule has 2 aromatic rings. The molecule has 2 atom stereocenters. The highest BCUT2D eigenvalue weighted by molar-refractivity contribution is 6.30. The summed E-state index contributed by atoms with van der Waals surface area (Å²) in [5.74, 6) is -0.330. The maximum Gasteiger partial charge on any atom is 0.341 e. The van der Waals surface area contributed by atoms with Crippen molar-refractivity contribution in [2.75, 3.05) is 0 Å². The van der Waals surface area contributed by atoms with E-state index in [9.17, 15) is 4.79 Å². The summed E-state index contributed by atoms with van der Waals surface area (Å²) in [6, 6.07) is 16.7. The molecule has 0 bridgehead atoms. The van der Waals surface area contributed by atoms with Gasteiger partial charge in [0.1, 0.15) is 0 Å². The molecule has 1 aliphatic rings. The SMILES string of the molecule is C=C[C@H](c1ccc(Cl)cc1)[C@]1(C)N=C(c2ccccc2)OC1=O. The number of aliphatic imine (C=N–C) groups is 1. The van der Waals surface area contributed by atoms with Crippen LogP contribution in [0.1, 0.15) is 24.0 Å². The second-order valence-electron chi connectivity index (χ2n) is 5.58. The fourth-order valence-corrected chi connectivity index (χ4v) is 2.86. The third-order valence-electron chi connectivity index (χ3n) is 4.03. The Morgan fingerprint density at radius 2 is 1.83 bits per heavy atom. The smallest absolute Gasteiger partial charge is 0.341 e. The Hall–Kier alpha value is -2.39. The number of carbonyl (C=O) groups is 1. The maximum atomic E-state index is 12.5. The first kappa shape index (κ1) is 15.5. The van der Waals surface area contributed by atoms with Crippen LogP contribution in [0.4, 0.5) is 0 Å². The van der Waals surface area contributed by atoms with E-state index in [1.165, 1.54) is 0 Å². The van der Waals surface area contributed by atoms with Gasteiger partial charge in [-0.1, -0.05) is 48.0 Å². The number of carbonyl (C=O) groups excluding carboxylic acids is 1. The highest BCUT2D eigenvalue weighted by atomic mass is 35.5. The Labute approximate surface area is 140 Å². The van der Waals surface area contributed by atoms with Gasteiger partial charge in [0.15, 0.2) is 5.54 Å². The van der Waals surface area contributed by atoms with Gasteiger partial charge >= 0.3 is 5.97 Å². The van der Waals surface area contributed by atoms with E-state index in [-0.39, 0.29) is 11.9 Å². The fraction of sp³-hybridized carbons (Fsp3) is 0.158. The molecule has 0 spiro atoms. The van der Waals surface area contributed by atoms with Gasteiger partial charge in [-0.25, -0.2) is 9.79 Å². The van der Waals surface area contributed by atoms with Crippen molar-refractivity contribution in [1.82, 2.24) is 0 Å². The van der Waals surface area contributed by atoms with Gasteiger partial charge in [-0.05, 0) is 36.8 Å². The quantitative estimate of drug-likeness (QED) is 0.618. The summed E-state index contributed by atoms with van der Waals surface area (Å²) in [5.41, 5.74) is 0.659. The summed E-state index contributed by atoms with van der Waals surface area (Å²) < 4.78 is 5.43. The van der Waals surface area contributed by atoms with Crippen LogP contribution in [0, 0.1) is 0 Å². The second-order valence-corrected chi connectivity index (χ2v) is 6.02. The molecule has 1 heterocycles. The molecule has 4 heteroatoms. The molecule has 0 saturated carbocycles. The van der Waals surface area contributed by atoms with Crippen LogP contribution in [0.25, 0.3) is 0 Å². The molecule has 0 aromatic heterocycles. The van der Waals surface area contributed by atoms with E-state index >= 15 is 0 Å². The lowest BCUT2D eigenvalue weighted by molar-refractivity contribution is -0.138. The van der Waals surface area contributed by atoms with Crippen molar-refractivity contribution in [3.05, 3.63) is 83.4 Å². The molecule has 23 heavy (non-hydrogen) atoms. The molecule has 116 valence electrons. The molecule has 3 rings (SSSR count). The predicted molar refractivity (Wildman–Crippen MR) is 91.9 cm³/mol. The standard InChI is InChI=1S/C19H16ClNO2/c1-3-16(13-9-11-15(20)12-10-13)19(2)18(22)23-17(21-19)14-7-5-4-6-8-14/h3-12,16H,1H2,2H3/t16-,19+/m1/s1. The van der Waals surface area contributed by atoms with E-state index in [0.29, 0.717) is 10.9 Å². The lowest BCUT2D eigenvalue weighted by Gasteiger charge is -2.25. The molecule has 2 aromatic carbocycles. The van der Waals surface area contributed by atoms with E-state index < -0.39 is 5.54 Å². The normalized spacial score (nSPS) is 21.5. The second kappa shape index (κ2) is 6.01.